The molecule has 30 heavy (non-hydrogen) atoms. The van der Waals surface area contributed by atoms with Gasteiger partial charge in [0.05, 0.1) is 5.69 Å². The van der Waals surface area contributed by atoms with Crippen LogP contribution in [0.2, 0.25) is 0 Å². The fraction of sp³-hybridized carbons (Fsp3) is 0.478. The number of primary amides is 1. The van der Waals surface area contributed by atoms with E-state index in [0.29, 0.717) is 18.7 Å². The minimum atomic E-state index is -0.673. The zero-order valence-corrected chi connectivity index (χ0v) is 17.7. The maximum absolute atomic E-state index is 13.0. The highest BCUT2D eigenvalue weighted by atomic mass is 16.2. The molecule has 1 heterocycles. The Labute approximate surface area is 177 Å². The molecule has 1 saturated carbocycles. The third-order valence-corrected chi connectivity index (χ3v) is 5.92. The largest absolute Gasteiger partial charge is 0.364 e. The fourth-order valence-electron chi connectivity index (χ4n) is 4.22. The first-order valence-electron chi connectivity index (χ1n) is 10.7. The normalized spacial score (nSPS) is 18.7. The maximum atomic E-state index is 13.0. The summed E-state index contributed by atoms with van der Waals surface area (Å²) >= 11 is 0. The van der Waals surface area contributed by atoms with Gasteiger partial charge < -0.3 is 11.1 Å². The molecular formula is C23H30N4O3. The summed E-state index contributed by atoms with van der Waals surface area (Å²) in [7, 11) is 0. The summed E-state index contributed by atoms with van der Waals surface area (Å²) in [5.41, 5.74) is 7.64. The number of aromatic nitrogens is 2. The number of hydrogen-bond donors (Lipinski definition) is 2. The summed E-state index contributed by atoms with van der Waals surface area (Å²) in [5.74, 6) is -0.542. The number of aryl methyl sites for hydroxylation is 2. The van der Waals surface area contributed by atoms with Crippen LogP contribution in [0.1, 0.15) is 71.9 Å². The van der Waals surface area contributed by atoms with Crippen LogP contribution in [-0.4, -0.2) is 27.4 Å². The molecule has 1 aliphatic rings. The number of ketones is 1. The van der Waals surface area contributed by atoms with E-state index in [1.165, 1.54) is 0 Å². The van der Waals surface area contributed by atoms with E-state index >= 15 is 0 Å². The molecule has 2 atom stereocenters. The summed E-state index contributed by atoms with van der Waals surface area (Å²) < 4.78 is 1.56. The molecule has 0 saturated heterocycles. The lowest BCUT2D eigenvalue weighted by Gasteiger charge is -2.30. The van der Waals surface area contributed by atoms with Gasteiger partial charge in [0.1, 0.15) is 0 Å². The molecule has 160 valence electrons. The molecule has 2 unspecified atom stereocenters. The van der Waals surface area contributed by atoms with E-state index < -0.39 is 5.91 Å². The van der Waals surface area contributed by atoms with Crippen molar-refractivity contribution in [2.24, 2.45) is 17.6 Å². The Morgan fingerprint density at radius 2 is 1.87 bits per heavy atom. The van der Waals surface area contributed by atoms with Gasteiger partial charge in [-0.25, -0.2) is 0 Å². The third kappa shape index (κ3) is 5.14. The van der Waals surface area contributed by atoms with E-state index in [9.17, 15) is 14.4 Å². The van der Waals surface area contributed by atoms with E-state index in [2.05, 4.69) is 10.4 Å². The quantitative estimate of drug-likeness (QED) is 0.647. The molecule has 7 nitrogen and oxygen atoms in total. The van der Waals surface area contributed by atoms with Gasteiger partial charge in [0.25, 0.3) is 5.91 Å². The molecule has 3 rings (SSSR count). The zero-order chi connectivity index (χ0) is 21.7. The molecule has 0 spiro atoms. The van der Waals surface area contributed by atoms with Crippen LogP contribution in [0.4, 0.5) is 5.69 Å². The van der Waals surface area contributed by atoms with Crippen molar-refractivity contribution in [3.63, 3.8) is 0 Å². The number of nitrogens with two attached hydrogens (primary N) is 1. The zero-order valence-electron chi connectivity index (χ0n) is 17.7. The highest BCUT2D eigenvalue weighted by molar-refractivity contribution is 6.01. The Morgan fingerprint density at radius 3 is 2.53 bits per heavy atom. The van der Waals surface area contributed by atoms with Crippen molar-refractivity contribution in [1.29, 1.82) is 0 Å². The van der Waals surface area contributed by atoms with Crippen molar-refractivity contribution >= 4 is 23.3 Å². The molecular weight excluding hydrogens is 380 g/mol. The molecule has 2 aromatic rings. The Hall–Kier alpha value is -2.96. The fourth-order valence-corrected chi connectivity index (χ4v) is 4.22. The van der Waals surface area contributed by atoms with Crippen LogP contribution in [0.3, 0.4) is 0 Å². The van der Waals surface area contributed by atoms with Gasteiger partial charge in [-0.3, -0.25) is 19.1 Å². The number of anilines is 1. The van der Waals surface area contributed by atoms with Gasteiger partial charge in [0.2, 0.25) is 5.91 Å². The van der Waals surface area contributed by atoms with Crippen LogP contribution in [0.15, 0.2) is 30.5 Å². The first-order valence-corrected chi connectivity index (χ1v) is 10.7. The Morgan fingerprint density at radius 1 is 1.17 bits per heavy atom. The lowest BCUT2D eigenvalue weighted by Crippen LogP contribution is -2.28. The van der Waals surface area contributed by atoms with Crippen molar-refractivity contribution in [2.75, 3.05) is 5.32 Å². The summed E-state index contributed by atoms with van der Waals surface area (Å²) in [5, 5.41) is 6.85. The average molecular weight is 411 g/mol. The van der Waals surface area contributed by atoms with Gasteiger partial charge in [-0.1, -0.05) is 42.7 Å². The van der Waals surface area contributed by atoms with Gasteiger partial charge in [-0.05, 0) is 39.0 Å². The van der Waals surface area contributed by atoms with Crippen LogP contribution in [0.5, 0.6) is 0 Å². The summed E-state index contributed by atoms with van der Waals surface area (Å²) in [6, 6.07) is 7.72. The number of carbonyl (C=O) groups excluding carboxylic acids is 3. The first kappa shape index (κ1) is 21.7. The van der Waals surface area contributed by atoms with Gasteiger partial charge in [0.15, 0.2) is 11.5 Å². The van der Waals surface area contributed by atoms with Crippen LogP contribution >= 0.6 is 0 Å². The molecule has 0 aliphatic heterocycles. The van der Waals surface area contributed by atoms with Crippen LogP contribution in [0, 0.1) is 18.8 Å². The van der Waals surface area contributed by atoms with Crippen molar-refractivity contribution in [2.45, 2.75) is 58.9 Å². The minimum absolute atomic E-state index is 0.0433. The maximum Gasteiger partial charge on any atom is 0.271 e. The summed E-state index contributed by atoms with van der Waals surface area (Å²) in [4.78, 5) is 37.1. The standard InChI is InChI=1S/C23H30N4O3/c1-3-27-14-19(21(26-27)23(24)30)25-20(28)13-12-16-6-4-5-7-18(16)22(29)17-10-8-15(2)9-11-17/h8-11,14,16,18H,3-7,12-13H2,1-2H3,(H2,24,30)(H,25,28). The number of rotatable bonds is 8. The van der Waals surface area contributed by atoms with Crippen molar-refractivity contribution < 1.29 is 14.4 Å². The van der Waals surface area contributed by atoms with E-state index in [0.717, 1.165) is 36.8 Å². The predicted molar refractivity (Wildman–Crippen MR) is 115 cm³/mol. The Kier molecular flexibility index (Phi) is 7.03. The second-order valence-corrected chi connectivity index (χ2v) is 8.08. The van der Waals surface area contributed by atoms with Crippen LogP contribution in [0.25, 0.3) is 0 Å². The van der Waals surface area contributed by atoms with E-state index in [-0.39, 0.29) is 35.6 Å². The number of nitrogens with one attached hydrogen (secondary N) is 1. The number of Topliss-reactive ketones (excluding diaryl/α,β-unsaturated/α-hetero) is 1. The molecule has 1 fully saturated rings. The SMILES string of the molecule is CCn1cc(NC(=O)CCC2CCCCC2C(=O)c2ccc(C)cc2)c(C(N)=O)n1. The minimum Gasteiger partial charge on any atom is -0.364 e. The van der Waals surface area contributed by atoms with Crippen molar-refractivity contribution in [3.8, 4) is 0 Å². The second kappa shape index (κ2) is 9.69. The Balaban J connectivity index is 1.62. The molecule has 0 radical (unpaired) electrons. The highest BCUT2D eigenvalue weighted by Crippen LogP contribution is 2.35. The number of nitrogens with zero attached hydrogens (tertiary/aromatic N) is 2. The highest BCUT2D eigenvalue weighted by Gasteiger charge is 2.31. The second-order valence-electron chi connectivity index (χ2n) is 8.08. The molecule has 1 aliphatic carbocycles. The Bertz CT molecular complexity index is 917. The predicted octanol–water partition coefficient (Wildman–Crippen LogP) is 3.72. The smallest absolute Gasteiger partial charge is 0.271 e. The molecule has 7 heteroatoms. The van der Waals surface area contributed by atoms with E-state index in [4.69, 9.17) is 5.73 Å². The van der Waals surface area contributed by atoms with Gasteiger partial charge in [-0.2, -0.15) is 5.10 Å². The third-order valence-electron chi connectivity index (χ3n) is 5.92. The van der Waals surface area contributed by atoms with Gasteiger partial charge in [0, 0.05) is 30.6 Å². The van der Waals surface area contributed by atoms with Crippen molar-refractivity contribution in [1.82, 2.24) is 9.78 Å². The first-order chi connectivity index (χ1) is 14.4. The number of amides is 2. The summed E-state index contributed by atoms with van der Waals surface area (Å²) in [6.45, 7) is 4.46. The van der Waals surface area contributed by atoms with Gasteiger partial charge in [-0.15, -0.1) is 0 Å². The molecule has 3 N–H and O–H groups in total. The number of carbonyl (C=O) groups is 3. The van der Waals surface area contributed by atoms with Gasteiger partial charge >= 0.3 is 0 Å². The number of hydrogen-bond acceptors (Lipinski definition) is 4. The lowest BCUT2D eigenvalue weighted by molar-refractivity contribution is -0.116. The molecule has 2 amide bonds. The topological polar surface area (TPSA) is 107 Å². The van der Waals surface area contributed by atoms with E-state index in [1.54, 1.807) is 10.9 Å². The van der Waals surface area contributed by atoms with Crippen molar-refractivity contribution in [3.05, 3.63) is 47.3 Å². The molecule has 1 aromatic heterocycles. The molecule has 1 aromatic carbocycles. The lowest BCUT2D eigenvalue weighted by atomic mass is 9.73. The van der Waals surface area contributed by atoms with E-state index in [1.807, 2.05) is 38.1 Å². The van der Waals surface area contributed by atoms with Crippen LogP contribution in [-0.2, 0) is 11.3 Å². The average Bonchev–Trinajstić information content (AvgIpc) is 3.15. The summed E-state index contributed by atoms with van der Waals surface area (Å²) in [6.07, 6.45) is 6.49. The monoisotopic (exact) mass is 410 g/mol. The van der Waals surface area contributed by atoms with Crippen LogP contribution < -0.4 is 11.1 Å². The number of benzene rings is 1. The molecule has 0 bridgehead atoms.